The topological polar surface area (TPSA) is 12.0 Å². The fourth-order valence-corrected chi connectivity index (χ4v) is 1.89. The molecule has 14 heavy (non-hydrogen) atoms. The Balaban J connectivity index is 2.41. The third kappa shape index (κ3) is 3.81. The SMILES string of the molecule is CCCC(C)NCc1ccccc1Br. The maximum absolute atomic E-state index is 3.55. The molecule has 0 radical (unpaired) electrons. The van der Waals surface area contributed by atoms with Crippen molar-refractivity contribution < 1.29 is 0 Å². The van der Waals surface area contributed by atoms with Crippen LogP contribution in [-0.4, -0.2) is 6.04 Å². The fraction of sp³-hybridized carbons (Fsp3) is 0.500. The molecule has 1 N–H and O–H groups in total. The van der Waals surface area contributed by atoms with Gasteiger partial charge in [0, 0.05) is 17.1 Å². The van der Waals surface area contributed by atoms with Crippen molar-refractivity contribution in [1.29, 1.82) is 0 Å². The second-order valence-electron chi connectivity index (χ2n) is 3.66. The van der Waals surface area contributed by atoms with E-state index in [0.29, 0.717) is 6.04 Å². The first-order valence-electron chi connectivity index (χ1n) is 5.20. The monoisotopic (exact) mass is 255 g/mol. The molecular formula is C12H18BrN. The van der Waals surface area contributed by atoms with Crippen molar-refractivity contribution in [2.75, 3.05) is 0 Å². The normalized spacial score (nSPS) is 12.8. The van der Waals surface area contributed by atoms with Gasteiger partial charge < -0.3 is 5.32 Å². The number of hydrogen-bond acceptors (Lipinski definition) is 1. The molecule has 1 rings (SSSR count). The van der Waals surface area contributed by atoms with Gasteiger partial charge in [0.05, 0.1) is 0 Å². The number of rotatable bonds is 5. The molecule has 1 aromatic rings. The molecule has 0 aliphatic carbocycles. The van der Waals surface area contributed by atoms with Crippen LogP contribution in [0.25, 0.3) is 0 Å². The van der Waals surface area contributed by atoms with E-state index < -0.39 is 0 Å². The van der Waals surface area contributed by atoms with Crippen LogP contribution in [0.1, 0.15) is 32.3 Å². The molecule has 0 heterocycles. The van der Waals surface area contributed by atoms with E-state index in [1.807, 2.05) is 6.07 Å². The highest BCUT2D eigenvalue weighted by atomic mass is 79.9. The van der Waals surface area contributed by atoms with E-state index in [9.17, 15) is 0 Å². The molecule has 0 aliphatic heterocycles. The van der Waals surface area contributed by atoms with E-state index in [2.05, 4.69) is 53.3 Å². The highest BCUT2D eigenvalue weighted by Crippen LogP contribution is 2.15. The maximum atomic E-state index is 3.55. The Hall–Kier alpha value is -0.340. The smallest absolute Gasteiger partial charge is 0.0220 e. The molecule has 1 nitrogen and oxygen atoms in total. The second-order valence-corrected chi connectivity index (χ2v) is 4.52. The highest BCUT2D eigenvalue weighted by molar-refractivity contribution is 9.10. The van der Waals surface area contributed by atoms with Crippen molar-refractivity contribution in [2.45, 2.75) is 39.3 Å². The number of nitrogens with one attached hydrogen (secondary N) is 1. The van der Waals surface area contributed by atoms with Gasteiger partial charge in [0.25, 0.3) is 0 Å². The minimum atomic E-state index is 0.604. The van der Waals surface area contributed by atoms with Gasteiger partial charge in [-0.25, -0.2) is 0 Å². The Morgan fingerprint density at radius 1 is 1.36 bits per heavy atom. The van der Waals surface area contributed by atoms with Crippen LogP contribution in [0.2, 0.25) is 0 Å². The predicted molar refractivity (Wildman–Crippen MR) is 65.4 cm³/mol. The quantitative estimate of drug-likeness (QED) is 0.846. The second kappa shape index (κ2) is 6.20. The summed E-state index contributed by atoms with van der Waals surface area (Å²) in [7, 11) is 0. The summed E-state index contributed by atoms with van der Waals surface area (Å²) >= 11 is 3.55. The van der Waals surface area contributed by atoms with Gasteiger partial charge in [0.1, 0.15) is 0 Å². The van der Waals surface area contributed by atoms with Crippen molar-refractivity contribution in [1.82, 2.24) is 5.32 Å². The van der Waals surface area contributed by atoms with Gasteiger partial charge in [-0.05, 0) is 25.0 Å². The third-order valence-corrected chi connectivity index (χ3v) is 3.09. The minimum absolute atomic E-state index is 0.604. The summed E-state index contributed by atoms with van der Waals surface area (Å²) in [6.45, 7) is 5.40. The standard InChI is InChI=1S/C12H18BrN/c1-3-6-10(2)14-9-11-7-4-5-8-12(11)13/h4-5,7-8,10,14H,3,6,9H2,1-2H3. The van der Waals surface area contributed by atoms with E-state index in [0.717, 1.165) is 6.54 Å². The lowest BCUT2D eigenvalue weighted by Crippen LogP contribution is -2.25. The van der Waals surface area contributed by atoms with Crippen molar-refractivity contribution in [2.24, 2.45) is 0 Å². The van der Waals surface area contributed by atoms with Gasteiger partial charge in [-0.3, -0.25) is 0 Å². The Kier molecular flexibility index (Phi) is 5.20. The molecule has 0 aliphatic rings. The van der Waals surface area contributed by atoms with Crippen LogP contribution in [0.5, 0.6) is 0 Å². The predicted octanol–water partition coefficient (Wildman–Crippen LogP) is 3.73. The largest absolute Gasteiger partial charge is 0.310 e. The number of hydrogen-bond donors (Lipinski definition) is 1. The molecular weight excluding hydrogens is 238 g/mol. The summed E-state index contributed by atoms with van der Waals surface area (Å²) in [5, 5.41) is 3.51. The van der Waals surface area contributed by atoms with Crippen molar-refractivity contribution in [3.63, 3.8) is 0 Å². The van der Waals surface area contributed by atoms with Crippen molar-refractivity contribution in [3.05, 3.63) is 34.3 Å². The van der Waals surface area contributed by atoms with Gasteiger partial charge in [0.15, 0.2) is 0 Å². The first kappa shape index (κ1) is 11.7. The van der Waals surface area contributed by atoms with Gasteiger partial charge in [-0.15, -0.1) is 0 Å². The Labute approximate surface area is 95.0 Å². The molecule has 2 heteroatoms. The Bertz CT molecular complexity index is 273. The van der Waals surface area contributed by atoms with E-state index in [1.165, 1.54) is 22.9 Å². The van der Waals surface area contributed by atoms with Gasteiger partial charge in [-0.1, -0.05) is 47.5 Å². The molecule has 78 valence electrons. The molecule has 0 saturated heterocycles. The average Bonchev–Trinajstić information content (AvgIpc) is 2.17. The molecule has 1 aromatic carbocycles. The van der Waals surface area contributed by atoms with Crippen molar-refractivity contribution >= 4 is 15.9 Å². The van der Waals surface area contributed by atoms with Crippen LogP contribution < -0.4 is 5.32 Å². The lowest BCUT2D eigenvalue weighted by molar-refractivity contribution is 0.508. The molecule has 0 bridgehead atoms. The van der Waals surface area contributed by atoms with E-state index in [1.54, 1.807) is 0 Å². The first-order chi connectivity index (χ1) is 6.74. The fourth-order valence-electron chi connectivity index (χ4n) is 1.46. The minimum Gasteiger partial charge on any atom is -0.310 e. The molecule has 0 spiro atoms. The zero-order valence-electron chi connectivity index (χ0n) is 8.89. The van der Waals surface area contributed by atoms with Crippen LogP contribution in [0.3, 0.4) is 0 Å². The van der Waals surface area contributed by atoms with Crippen LogP contribution in [0.4, 0.5) is 0 Å². The van der Waals surface area contributed by atoms with Crippen LogP contribution >= 0.6 is 15.9 Å². The van der Waals surface area contributed by atoms with E-state index >= 15 is 0 Å². The summed E-state index contributed by atoms with van der Waals surface area (Å²) in [6.07, 6.45) is 2.48. The third-order valence-electron chi connectivity index (χ3n) is 2.32. The number of halogens is 1. The summed E-state index contributed by atoms with van der Waals surface area (Å²) in [5.74, 6) is 0. The zero-order valence-corrected chi connectivity index (χ0v) is 10.5. The van der Waals surface area contributed by atoms with Crippen LogP contribution in [0.15, 0.2) is 28.7 Å². The van der Waals surface area contributed by atoms with Gasteiger partial charge >= 0.3 is 0 Å². The molecule has 1 atom stereocenters. The van der Waals surface area contributed by atoms with E-state index in [4.69, 9.17) is 0 Å². The first-order valence-corrected chi connectivity index (χ1v) is 6.00. The zero-order chi connectivity index (χ0) is 10.4. The van der Waals surface area contributed by atoms with Gasteiger partial charge in [-0.2, -0.15) is 0 Å². The Morgan fingerprint density at radius 3 is 2.71 bits per heavy atom. The molecule has 0 saturated carbocycles. The van der Waals surface area contributed by atoms with Crippen LogP contribution in [-0.2, 0) is 6.54 Å². The molecule has 0 aromatic heterocycles. The van der Waals surface area contributed by atoms with E-state index in [-0.39, 0.29) is 0 Å². The lowest BCUT2D eigenvalue weighted by Gasteiger charge is -2.13. The maximum Gasteiger partial charge on any atom is 0.0220 e. The molecule has 0 amide bonds. The highest BCUT2D eigenvalue weighted by Gasteiger charge is 2.01. The van der Waals surface area contributed by atoms with Crippen molar-refractivity contribution in [3.8, 4) is 0 Å². The molecule has 0 fully saturated rings. The summed E-state index contributed by atoms with van der Waals surface area (Å²) < 4.78 is 1.19. The number of benzene rings is 1. The summed E-state index contributed by atoms with van der Waals surface area (Å²) in [5.41, 5.74) is 1.33. The summed E-state index contributed by atoms with van der Waals surface area (Å²) in [4.78, 5) is 0. The van der Waals surface area contributed by atoms with Gasteiger partial charge in [0.2, 0.25) is 0 Å². The lowest BCUT2D eigenvalue weighted by atomic mass is 10.1. The van der Waals surface area contributed by atoms with Crippen LogP contribution in [0, 0.1) is 0 Å². The molecule has 1 unspecified atom stereocenters. The average molecular weight is 256 g/mol. The Morgan fingerprint density at radius 2 is 2.07 bits per heavy atom. The summed E-state index contributed by atoms with van der Waals surface area (Å²) in [6, 6.07) is 8.96.